The second-order valence-corrected chi connectivity index (χ2v) is 4.87. The summed E-state index contributed by atoms with van der Waals surface area (Å²) in [4.78, 5) is 26.1. The first kappa shape index (κ1) is 13.9. The maximum atomic E-state index is 11.6. The van der Waals surface area contributed by atoms with Gasteiger partial charge in [-0.15, -0.1) is 11.3 Å². The second kappa shape index (κ2) is 6.11. The number of aromatic carboxylic acids is 1. The van der Waals surface area contributed by atoms with Gasteiger partial charge in [-0.05, 0) is 6.08 Å². The average Bonchev–Trinajstić information content (AvgIpc) is 3.03. The van der Waals surface area contributed by atoms with Crippen LogP contribution < -0.4 is 5.32 Å². The first-order chi connectivity index (χ1) is 9.54. The minimum absolute atomic E-state index is 0.00912. The van der Waals surface area contributed by atoms with Crippen LogP contribution in [0.15, 0.2) is 23.8 Å². The van der Waals surface area contributed by atoms with Gasteiger partial charge < -0.3 is 10.4 Å². The highest BCUT2D eigenvalue weighted by Gasteiger charge is 2.08. The second-order valence-electron chi connectivity index (χ2n) is 3.93. The van der Waals surface area contributed by atoms with E-state index in [1.54, 1.807) is 30.2 Å². The summed E-state index contributed by atoms with van der Waals surface area (Å²) in [6.07, 6.45) is 6.46. The average molecular weight is 292 g/mol. The van der Waals surface area contributed by atoms with Crippen LogP contribution in [0.1, 0.15) is 21.1 Å². The van der Waals surface area contributed by atoms with E-state index in [0.29, 0.717) is 5.01 Å². The van der Waals surface area contributed by atoms with Crippen molar-refractivity contribution in [3.8, 4) is 0 Å². The smallest absolute Gasteiger partial charge is 0.355 e. The van der Waals surface area contributed by atoms with E-state index in [9.17, 15) is 9.59 Å². The highest BCUT2D eigenvalue weighted by atomic mass is 32.1. The molecule has 104 valence electrons. The molecule has 0 aliphatic heterocycles. The van der Waals surface area contributed by atoms with Gasteiger partial charge in [0.25, 0.3) is 0 Å². The van der Waals surface area contributed by atoms with Gasteiger partial charge in [0.2, 0.25) is 5.91 Å². The third-order valence-corrected chi connectivity index (χ3v) is 3.19. The number of carboxylic acids is 1. The van der Waals surface area contributed by atoms with Gasteiger partial charge in [-0.2, -0.15) is 5.10 Å². The predicted octanol–water partition coefficient (Wildman–Crippen LogP) is 0.904. The van der Waals surface area contributed by atoms with Crippen LogP contribution >= 0.6 is 11.3 Å². The molecule has 7 nitrogen and oxygen atoms in total. The largest absolute Gasteiger partial charge is 0.476 e. The fraction of sp³-hybridized carbons (Fsp3) is 0.167. The van der Waals surface area contributed by atoms with Crippen LogP contribution in [0.3, 0.4) is 0 Å². The summed E-state index contributed by atoms with van der Waals surface area (Å²) < 4.78 is 1.64. The zero-order valence-electron chi connectivity index (χ0n) is 10.6. The molecule has 0 aromatic carbocycles. The maximum absolute atomic E-state index is 11.6. The number of thiazole rings is 1. The lowest BCUT2D eigenvalue weighted by atomic mass is 10.3. The van der Waals surface area contributed by atoms with Crippen molar-refractivity contribution in [2.75, 3.05) is 0 Å². The zero-order valence-corrected chi connectivity index (χ0v) is 11.4. The van der Waals surface area contributed by atoms with Crippen LogP contribution in [0.25, 0.3) is 6.08 Å². The minimum Gasteiger partial charge on any atom is -0.476 e. The number of rotatable bonds is 5. The number of carbonyl (C=O) groups is 2. The lowest BCUT2D eigenvalue weighted by Gasteiger charge is -1.97. The number of nitrogens with zero attached hydrogens (tertiary/aromatic N) is 3. The van der Waals surface area contributed by atoms with Crippen LogP contribution in [-0.4, -0.2) is 31.7 Å². The quantitative estimate of drug-likeness (QED) is 0.798. The molecule has 2 rings (SSSR count). The van der Waals surface area contributed by atoms with Crippen LogP contribution in [0, 0.1) is 0 Å². The van der Waals surface area contributed by atoms with Crippen molar-refractivity contribution < 1.29 is 14.7 Å². The molecule has 0 bridgehead atoms. The van der Waals surface area contributed by atoms with E-state index in [-0.39, 0.29) is 18.1 Å². The molecule has 0 aliphatic carbocycles. The van der Waals surface area contributed by atoms with Gasteiger partial charge in [-0.1, -0.05) is 0 Å². The summed E-state index contributed by atoms with van der Waals surface area (Å²) in [5.41, 5.74) is 0.815. The van der Waals surface area contributed by atoms with E-state index in [0.717, 1.165) is 5.56 Å². The molecule has 1 amide bonds. The Bertz CT molecular complexity index is 659. The lowest BCUT2D eigenvalue weighted by molar-refractivity contribution is -0.116. The fourth-order valence-electron chi connectivity index (χ4n) is 1.41. The van der Waals surface area contributed by atoms with Gasteiger partial charge in [0.1, 0.15) is 5.01 Å². The van der Waals surface area contributed by atoms with Crippen molar-refractivity contribution in [2.24, 2.45) is 7.05 Å². The number of aryl methyl sites for hydroxylation is 1. The Morgan fingerprint density at radius 3 is 2.95 bits per heavy atom. The normalized spacial score (nSPS) is 10.8. The molecule has 0 radical (unpaired) electrons. The van der Waals surface area contributed by atoms with E-state index in [4.69, 9.17) is 5.11 Å². The molecule has 2 heterocycles. The van der Waals surface area contributed by atoms with Gasteiger partial charge in [0.15, 0.2) is 5.69 Å². The molecular weight excluding hydrogens is 280 g/mol. The topological polar surface area (TPSA) is 97.1 Å². The molecule has 0 fully saturated rings. The standard InChI is InChI=1S/C12H12N4O3S/c1-16-6-8(4-14-16)2-3-10(17)13-5-11-15-9(7-20-11)12(18)19/h2-4,6-7H,5H2,1H3,(H,13,17)(H,18,19). The van der Waals surface area contributed by atoms with Crippen molar-refractivity contribution in [1.82, 2.24) is 20.1 Å². The van der Waals surface area contributed by atoms with Gasteiger partial charge in [-0.25, -0.2) is 9.78 Å². The molecule has 8 heteroatoms. The SMILES string of the molecule is Cn1cc(C=CC(=O)NCc2nc(C(=O)O)cs2)cn1. The first-order valence-electron chi connectivity index (χ1n) is 5.67. The van der Waals surface area contributed by atoms with Gasteiger partial charge in [0.05, 0.1) is 12.7 Å². The molecule has 0 saturated carbocycles. The summed E-state index contributed by atoms with van der Waals surface area (Å²) in [6.45, 7) is 0.203. The summed E-state index contributed by atoms with van der Waals surface area (Å²) >= 11 is 1.19. The lowest BCUT2D eigenvalue weighted by Crippen LogP contribution is -2.20. The molecular formula is C12H12N4O3S. The van der Waals surface area contributed by atoms with Gasteiger partial charge in [-0.3, -0.25) is 9.48 Å². The van der Waals surface area contributed by atoms with Crippen molar-refractivity contribution in [2.45, 2.75) is 6.54 Å². The van der Waals surface area contributed by atoms with Crippen molar-refractivity contribution in [3.05, 3.63) is 40.1 Å². The van der Waals surface area contributed by atoms with Crippen LogP contribution in [0.5, 0.6) is 0 Å². The minimum atomic E-state index is -1.07. The molecule has 0 saturated heterocycles. The molecule has 20 heavy (non-hydrogen) atoms. The van der Waals surface area contributed by atoms with E-state index in [2.05, 4.69) is 15.4 Å². The number of hydrogen-bond acceptors (Lipinski definition) is 5. The third kappa shape index (κ3) is 3.75. The number of carbonyl (C=O) groups excluding carboxylic acids is 1. The van der Waals surface area contributed by atoms with Crippen LogP contribution in [0.2, 0.25) is 0 Å². The summed E-state index contributed by atoms with van der Waals surface area (Å²) in [7, 11) is 1.79. The Morgan fingerprint density at radius 1 is 1.55 bits per heavy atom. The molecule has 0 aliphatic rings. The number of aromatic nitrogens is 3. The Balaban J connectivity index is 1.85. The summed E-state index contributed by atoms with van der Waals surface area (Å²) in [6, 6.07) is 0. The molecule has 2 aromatic heterocycles. The van der Waals surface area contributed by atoms with E-state index in [1.165, 1.54) is 22.8 Å². The first-order valence-corrected chi connectivity index (χ1v) is 6.55. The van der Waals surface area contributed by atoms with E-state index < -0.39 is 5.97 Å². The van der Waals surface area contributed by atoms with Crippen molar-refractivity contribution in [3.63, 3.8) is 0 Å². The number of nitrogens with one attached hydrogen (secondary N) is 1. The monoisotopic (exact) mass is 292 g/mol. The highest BCUT2D eigenvalue weighted by molar-refractivity contribution is 7.09. The van der Waals surface area contributed by atoms with Crippen LogP contribution in [0.4, 0.5) is 0 Å². The van der Waals surface area contributed by atoms with Crippen molar-refractivity contribution >= 4 is 29.3 Å². The third-order valence-electron chi connectivity index (χ3n) is 2.34. The highest BCUT2D eigenvalue weighted by Crippen LogP contribution is 2.09. The predicted molar refractivity (Wildman–Crippen MR) is 73.2 cm³/mol. The molecule has 0 spiro atoms. The maximum Gasteiger partial charge on any atom is 0.355 e. The van der Waals surface area contributed by atoms with Gasteiger partial charge in [0, 0.05) is 30.3 Å². The Morgan fingerprint density at radius 2 is 2.35 bits per heavy atom. The zero-order chi connectivity index (χ0) is 14.5. The molecule has 0 atom stereocenters. The summed E-state index contributed by atoms with van der Waals surface area (Å²) in [5, 5.41) is 17.3. The van der Waals surface area contributed by atoms with E-state index in [1.807, 2.05) is 0 Å². The number of amides is 1. The van der Waals surface area contributed by atoms with Crippen molar-refractivity contribution in [1.29, 1.82) is 0 Å². The Hall–Kier alpha value is -2.48. The molecule has 2 aromatic rings. The Labute approximate surface area is 118 Å². The fourth-order valence-corrected chi connectivity index (χ4v) is 2.12. The molecule has 0 unspecified atom stereocenters. The van der Waals surface area contributed by atoms with E-state index >= 15 is 0 Å². The molecule has 2 N–H and O–H groups in total. The number of hydrogen-bond donors (Lipinski definition) is 2. The number of carboxylic acid groups (broad SMARTS) is 1. The van der Waals surface area contributed by atoms with Crippen LogP contribution in [-0.2, 0) is 18.4 Å². The summed E-state index contributed by atoms with van der Waals surface area (Å²) in [5.74, 6) is -1.35. The Kier molecular flexibility index (Phi) is 4.26. The van der Waals surface area contributed by atoms with Gasteiger partial charge >= 0.3 is 5.97 Å².